The molecule has 2 atom stereocenters. The van der Waals surface area contributed by atoms with Gasteiger partial charge in [0.15, 0.2) is 0 Å². The highest BCUT2D eigenvalue weighted by atomic mass is 16.5. The molecule has 0 aromatic heterocycles. The van der Waals surface area contributed by atoms with Gasteiger partial charge in [-0.1, -0.05) is 13.8 Å². The van der Waals surface area contributed by atoms with Gasteiger partial charge in [0.1, 0.15) is 0 Å². The fraction of sp³-hybridized carbons (Fsp3) is 0.917. The van der Waals surface area contributed by atoms with Crippen LogP contribution in [0.25, 0.3) is 0 Å². The summed E-state index contributed by atoms with van der Waals surface area (Å²) in [4.78, 5) is 13.7. The van der Waals surface area contributed by atoms with E-state index in [4.69, 9.17) is 5.21 Å². The van der Waals surface area contributed by atoms with Crippen LogP contribution in [0.1, 0.15) is 33.1 Å². The number of carbonyl (C=O) groups is 1. The summed E-state index contributed by atoms with van der Waals surface area (Å²) < 4.78 is 0. The first-order valence-electron chi connectivity index (χ1n) is 6.26. The number of hydrogen-bond acceptors (Lipinski definition) is 4. The van der Waals surface area contributed by atoms with E-state index in [1.165, 1.54) is 0 Å². The van der Waals surface area contributed by atoms with Crippen molar-refractivity contribution in [3.63, 3.8) is 0 Å². The summed E-state index contributed by atoms with van der Waals surface area (Å²) in [5, 5.41) is 12.0. The van der Waals surface area contributed by atoms with E-state index in [1.54, 1.807) is 5.48 Å². The second-order valence-electron chi connectivity index (χ2n) is 5.49. The maximum absolute atomic E-state index is 11.4. The van der Waals surface area contributed by atoms with Gasteiger partial charge in [-0.15, -0.1) is 0 Å². The molecule has 0 radical (unpaired) electrons. The highest BCUT2D eigenvalue weighted by Gasteiger charge is 2.39. The molecular formula is C12H25N3O2. The van der Waals surface area contributed by atoms with Crippen LogP contribution in [0.3, 0.4) is 0 Å². The van der Waals surface area contributed by atoms with Gasteiger partial charge in [0, 0.05) is 18.0 Å². The first kappa shape index (κ1) is 14.4. The fourth-order valence-corrected chi connectivity index (χ4v) is 2.78. The molecule has 3 N–H and O–H groups in total. The van der Waals surface area contributed by atoms with Crippen molar-refractivity contribution in [3.8, 4) is 0 Å². The van der Waals surface area contributed by atoms with Gasteiger partial charge in [-0.05, 0) is 39.4 Å². The van der Waals surface area contributed by atoms with E-state index in [9.17, 15) is 4.79 Å². The van der Waals surface area contributed by atoms with E-state index in [0.717, 1.165) is 19.4 Å². The molecule has 2 unspecified atom stereocenters. The van der Waals surface area contributed by atoms with Crippen LogP contribution in [0.4, 0.5) is 0 Å². The third-order valence-electron chi connectivity index (χ3n) is 4.03. The number of carbonyl (C=O) groups excluding carboxylic acids is 1. The molecule has 100 valence electrons. The first-order chi connectivity index (χ1) is 7.94. The van der Waals surface area contributed by atoms with Gasteiger partial charge >= 0.3 is 0 Å². The number of hydroxylamine groups is 1. The Kier molecular flexibility index (Phi) is 4.91. The van der Waals surface area contributed by atoms with Crippen molar-refractivity contribution in [2.24, 2.45) is 5.92 Å². The average Bonchev–Trinajstić information content (AvgIpc) is 2.31. The van der Waals surface area contributed by atoms with Crippen molar-refractivity contribution in [2.45, 2.75) is 44.7 Å². The van der Waals surface area contributed by atoms with Crippen molar-refractivity contribution in [2.75, 3.05) is 20.6 Å². The predicted molar refractivity (Wildman–Crippen MR) is 66.8 cm³/mol. The summed E-state index contributed by atoms with van der Waals surface area (Å²) in [6, 6.07) is 0.475. The van der Waals surface area contributed by atoms with E-state index < -0.39 is 0 Å². The van der Waals surface area contributed by atoms with Crippen LogP contribution < -0.4 is 10.8 Å². The van der Waals surface area contributed by atoms with Gasteiger partial charge < -0.3 is 10.2 Å². The van der Waals surface area contributed by atoms with E-state index in [0.29, 0.717) is 18.4 Å². The largest absolute Gasteiger partial charge is 0.314 e. The Morgan fingerprint density at radius 1 is 1.59 bits per heavy atom. The predicted octanol–water partition coefficient (Wildman–Crippen LogP) is 0.590. The SMILES string of the molecule is CNC1(CC(=O)NO)CCN(C)C(C(C)C)C1. The lowest BCUT2D eigenvalue weighted by Gasteiger charge is -2.46. The lowest BCUT2D eigenvalue weighted by atomic mass is 9.77. The van der Waals surface area contributed by atoms with E-state index in [1.807, 2.05) is 7.05 Å². The Morgan fingerprint density at radius 3 is 2.71 bits per heavy atom. The Morgan fingerprint density at radius 2 is 2.24 bits per heavy atom. The van der Waals surface area contributed by atoms with Crippen LogP contribution in [-0.4, -0.2) is 48.2 Å². The molecule has 0 aliphatic carbocycles. The summed E-state index contributed by atoms with van der Waals surface area (Å²) in [7, 11) is 4.03. The Balaban J connectivity index is 2.76. The monoisotopic (exact) mass is 243 g/mol. The molecule has 5 heteroatoms. The van der Waals surface area contributed by atoms with E-state index in [-0.39, 0.29) is 11.4 Å². The van der Waals surface area contributed by atoms with Gasteiger partial charge in [0.2, 0.25) is 5.91 Å². The zero-order valence-electron chi connectivity index (χ0n) is 11.3. The summed E-state index contributed by atoms with van der Waals surface area (Å²) in [6.45, 7) is 5.39. The van der Waals surface area contributed by atoms with Gasteiger partial charge in [-0.25, -0.2) is 5.48 Å². The molecule has 0 aromatic carbocycles. The van der Waals surface area contributed by atoms with Gasteiger partial charge in [0.25, 0.3) is 0 Å². The maximum Gasteiger partial charge on any atom is 0.245 e. The number of rotatable bonds is 4. The summed E-state index contributed by atoms with van der Waals surface area (Å²) >= 11 is 0. The van der Waals surface area contributed by atoms with Crippen LogP contribution >= 0.6 is 0 Å². The highest BCUT2D eigenvalue weighted by molar-refractivity contribution is 5.76. The molecule has 0 bridgehead atoms. The van der Waals surface area contributed by atoms with Gasteiger partial charge in [0.05, 0.1) is 0 Å². The van der Waals surface area contributed by atoms with Crippen molar-refractivity contribution >= 4 is 5.91 Å². The number of nitrogens with zero attached hydrogens (tertiary/aromatic N) is 1. The van der Waals surface area contributed by atoms with Crippen LogP contribution in [0.15, 0.2) is 0 Å². The van der Waals surface area contributed by atoms with E-state index >= 15 is 0 Å². The molecule has 1 amide bonds. The van der Waals surface area contributed by atoms with Crippen molar-refractivity contribution in [1.82, 2.24) is 15.7 Å². The minimum absolute atomic E-state index is 0.186. The summed E-state index contributed by atoms with van der Waals surface area (Å²) in [5.41, 5.74) is 1.55. The van der Waals surface area contributed by atoms with Crippen molar-refractivity contribution < 1.29 is 10.0 Å². The number of likely N-dealkylation sites (tertiary alicyclic amines) is 1. The van der Waals surface area contributed by atoms with Crippen molar-refractivity contribution in [1.29, 1.82) is 0 Å². The molecule has 1 aliphatic rings. The second kappa shape index (κ2) is 5.80. The number of nitrogens with one attached hydrogen (secondary N) is 2. The number of hydrogen-bond donors (Lipinski definition) is 3. The van der Waals surface area contributed by atoms with Gasteiger partial charge in [-0.3, -0.25) is 10.0 Å². The number of amides is 1. The van der Waals surface area contributed by atoms with Gasteiger partial charge in [-0.2, -0.15) is 0 Å². The molecule has 5 nitrogen and oxygen atoms in total. The molecule has 0 aromatic rings. The second-order valence-corrected chi connectivity index (χ2v) is 5.49. The van der Waals surface area contributed by atoms with Crippen LogP contribution in [0, 0.1) is 5.92 Å². The Bertz CT molecular complexity index is 270. The highest BCUT2D eigenvalue weighted by Crippen LogP contribution is 2.31. The molecule has 1 saturated heterocycles. The smallest absolute Gasteiger partial charge is 0.245 e. The standard InChI is InChI=1S/C12H25N3O2/c1-9(2)10-7-12(13-3,5-6-15(10)4)8-11(16)14-17/h9-10,13,17H,5-8H2,1-4H3,(H,14,16). The molecule has 1 fully saturated rings. The Labute approximate surface area is 104 Å². The zero-order chi connectivity index (χ0) is 13.1. The molecular weight excluding hydrogens is 218 g/mol. The first-order valence-corrected chi connectivity index (χ1v) is 6.26. The third-order valence-corrected chi connectivity index (χ3v) is 4.03. The third kappa shape index (κ3) is 3.40. The van der Waals surface area contributed by atoms with Crippen LogP contribution in [0.5, 0.6) is 0 Å². The molecule has 1 heterocycles. The topological polar surface area (TPSA) is 64.6 Å². The summed E-state index contributed by atoms with van der Waals surface area (Å²) in [6.07, 6.45) is 2.19. The molecule has 17 heavy (non-hydrogen) atoms. The normalized spacial score (nSPS) is 30.6. The van der Waals surface area contributed by atoms with Crippen LogP contribution in [-0.2, 0) is 4.79 Å². The lowest BCUT2D eigenvalue weighted by Crippen LogP contribution is -2.58. The fourth-order valence-electron chi connectivity index (χ4n) is 2.78. The molecule has 0 spiro atoms. The zero-order valence-corrected chi connectivity index (χ0v) is 11.3. The average molecular weight is 243 g/mol. The Hall–Kier alpha value is -0.650. The quantitative estimate of drug-likeness (QED) is 0.499. The molecule has 1 rings (SSSR count). The molecule has 1 aliphatic heterocycles. The van der Waals surface area contributed by atoms with Crippen LogP contribution in [0.2, 0.25) is 0 Å². The lowest BCUT2D eigenvalue weighted by molar-refractivity contribution is -0.131. The minimum atomic E-state index is -0.314. The maximum atomic E-state index is 11.4. The summed E-state index contributed by atoms with van der Waals surface area (Å²) in [5.74, 6) is 0.247. The van der Waals surface area contributed by atoms with E-state index in [2.05, 4.69) is 31.1 Å². The van der Waals surface area contributed by atoms with Crippen molar-refractivity contribution in [3.05, 3.63) is 0 Å². The number of piperidine rings is 1. The molecule has 0 saturated carbocycles. The minimum Gasteiger partial charge on any atom is -0.314 e.